The normalized spacial score (nSPS) is 10.3. The van der Waals surface area contributed by atoms with E-state index in [4.69, 9.17) is 4.74 Å². The molecule has 2 heterocycles. The molecule has 0 spiro atoms. The zero-order valence-corrected chi connectivity index (χ0v) is 9.61. The number of nitrogens with zero attached hydrogens (tertiary/aromatic N) is 3. The second-order valence-electron chi connectivity index (χ2n) is 3.12. The molecule has 5 nitrogen and oxygen atoms in total. The number of ether oxygens (including phenoxy) is 1. The maximum absolute atomic E-state index is 11.2. The molecule has 16 heavy (non-hydrogen) atoms. The Bertz CT molecular complexity index is 464. The standard InChI is InChI=1S/C10H11N3O2S/c1-2-15-10(14)3-8-4-12-13(5-8)9-6-16-7-11-9/h4-7H,2-3H2,1H3. The SMILES string of the molecule is CCOC(=O)Cc1cnn(-c2cscn2)c1. The van der Waals surface area contributed by atoms with Gasteiger partial charge in [-0.05, 0) is 6.92 Å². The zero-order valence-electron chi connectivity index (χ0n) is 8.79. The molecule has 6 heteroatoms. The summed E-state index contributed by atoms with van der Waals surface area (Å²) in [7, 11) is 0. The summed E-state index contributed by atoms with van der Waals surface area (Å²) in [4.78, 5) is 15.4. The molecule has 0 aliphatic heterocycles. The Morgan fingerprint density at radius 2 is 2.50 bits per heavy atom. The van der Waals surface area contributed by atoms with Gasteiger partial charge in [-0.2, -0.15) is 5.10 Å². The lowest BCUT2D eigenvalue weighted by atomic mass is 10.3. The van der Waals surface area contributed by atoms with E-state index in [0.717, 1.165) is 11.4 Å². The van der Waals surface area contributed by atoms with Crippen molar-refractivity contribution in [2.24, 2.45) is 0 Å². The fraction of sp³-hybridized carbons (Fsp3) is 0.300. The molecule has 0 aliphatic carbocycles. The molecule has 0 radical (unpaired) electrons. The molecule has 0 saturated carbocycles. The first-order valence-electron chi connectivity index (χ1n) is 4.87. The minimum absolute atomic E-state index is 0.236. The summed E-state index contributed by atoms with van der Waals surface area (Å²) in [6.07, 6.45) is 3.68. The average Bonchev–Trinajstić information content (AvgIpc) is 2.86. The molecule has 0 N–H and O–H groups in total. The first kappa shape index (κ1) is 10.8. The van der Waals surface area contributed by atoms with Crippen LogP contribution in [-0.4, -0.2) is 27.3 Å². The predicted molar refractivity (Wildman–Crippen MR) is 59.6 cm³/mol. The highest BCUT2D eigenvalue weighted by molar-refractivity contribution is 7.07. The van der Waals surface area contributed by atoms with E-state index in [1.807, 2.05) is 5.38 Å². The van der Waals surface area contributed by atoms with Crippen molar-refractivity contribution in [3.8, 4) is 5.82 Å². The Morgan fingerprint density at radius 1 is 1.62 bits per heavy atom. The van der Waals surface area contributed by atoms with Gasteiger partial charge in [-0.15, -0.1) is 11.3 Å². The van der Waals surface area contributed by atoms with Crippen molar-refractivity contribution in [3.05, 3.63) is 28.8 Å². The minimum Gasteiger partial charge on any atom is -0.466 e. The molecule has 0 aromatic carbocycles. The van der Waals surface area contributed by atoms with E-state index < -0.39 is 0 Å². The number of hydrogen-bond donors (Lipinski definition) is 0. The predicted octanol–water partition coefficient (Wildman–Crippen LogP) is 1.43. The monoisotopic (exact) mass is 237 g/mol. The molecule has 0 fully saturated rings. The lowest BCUT2D eigenvalue weighted by Gasteiger charge is -1.98. The second-order valence-corrected chi connectivity index (χ2v) is 3.84. The molecule has 0 bridgehead atoms. The Labute approximate surface area is 96.7 Å². The molecule has 0 saturated heterocycles. The van der Waals surface area contributed by atoms with Gasteiger partial charge in [0.25, 0.3) is 0 Å². The molecule has 2 aromatic heterocycles. The fourth-order valence-corrected chi connectivity index (χ4v) is 1.79. The van der Waals surface area contributed by atoms with Gasteiger partial charge in [0.1, 0.15) is 0 Å². The Hall–Kier alpha value is -1.69. The smallest absolute Gasteiger partial charge is 0.310 e. The Balaban J connectivity index is 2.06. The minimum atomic E-state index is -0.236. The van der Waals surface area contributed by atoms with Crippen LogP contribution in [-0.2, 0) is 16.0 Å². The maximum Gasteiger partial charge on any atom is 0.310 e. The zero-order chi connectivity index (χ0) is 11.4. The lowest BCUT2D eigenvalue weighted by Crippen LogP contribution is -2.06. The van der Waals surface area contributed by atoms with E-state index in [-0.39, 0.29) is 12.4 Å². The molecule has 84 valence electrons. The van der Waals surface area contributed by atoms with Gasteiger partial charge in [-0.1, -0.05) is 0 Å². The third-order valence-electron chi connectivity index (χ3n) is 1.94. The Kier molecular flexibility index (Phi) is 3.31. The van der Waals surface area contributed by atoms with Crippen LogP contribution in [0.5, 0.6) is 0 Å². The highest BCUT2D eigenvalue weighted by atomic mass is 32.1. The third-order valence-corrected chi connectivity index (χ3v) is 2.52. The van der Waals surface area contributed by atoms with E-state index in [0.29, 0.717) is 6.61 Å². The summed E-state index contributed by atoms with van der Waals surface area (Å²) >= 11 is 1.50. The van der Waals surface area contributed by atoms with Gasteiger partial charge in [0.05, 0.1) is 24.7 Å². The number of thiazole rings is 1. The third kappa shape index (κ3) is 2.46. The number of esters is 1. The van der Waals surface area contributed by atoms with Crippen molar-refractivity contribution in [1.29, 1.82) is 0 Å². The highest BCUT2D eigenvalue weighted by Crippen LogP contribution is 2.09. The maximum atomic E-state index is 11.2. The van der Waals surface area contributed by atoms with Crippen molar-refractivity contribution >= 4 is 17.3 Å². The molecule has 0 aliphatic rings. The molecule has 2 rings (SSSR count). The first-order chi connectivity index (χ1) is 7.79. The molecular formula is C10H11N3O2S. The van der Waals surface area contributed by atoms with Gasteiger partial charge in [0.15, 0.2) is 5.82 Å². The van der Waals surface area contributed by atoms with Crippen molar-refractivity contribution < 1.29 is 9.53 Å². The van der Waals surface area contributed by atoms with Crippen LogP contribution in [0.1, 0.15) is 12.5 Å². The summed E-state index contributed by atoms with van der Waals surface area (Å²) in [5.41, 5.74) is 2.56. The average molecular weight is 237 g/mol. The molecule has 0 amide bonds. The highest BCUT2D eigenvalue weighted by Gasteiger charge is 2.07. The number of rotatable bonds is 4. The van der Waals surface area contributed by atoms with E-state index in [1.54, 1.807) is 29.5 Å². The summed E-state index contributed by atoms with van der Waals surface area (Å²) < 4.78 is 6.50. The summed E-state index contributed by atoms with van der Waals surface area (Å²) in [5, 5.41) is 6.01. The van der Waals surface area contributed by atoms with Gasteiger partial charge >= 0.3 is 5.97 Å². The van der Waals surface area contributed by atoms with Crippen LogP contribution in [0.2, 0.25) is 0 Å². The summed E-state index contributed by atoms with van der Waals surface area (Å²) in [5.74, 6) is 0.528. The van der Waals surface area contributed by atoms with E-state index >= 15 is 0 Å². The van der Waals surface area contributed by atoms with E-state index in [1.165, 1.54) is 11.3 Å². The van der Waals surface area contributed by atoms with E-state index in [9.17, 15) is 4.79 Å². The number of aromatic nitrogens is 3. The second kappa shape index (κ2) is 4.89. The molecule has 2 aromatic rings. The first-order valence-corrected chi connectivity index (χ1v) is 5.81. The van der Waals surface area contributed by atoms with Crippen LogP contribution in [0.25, 0.3) is 5.82 Å². The summed E-state index contributed by atoms with van der Waals surface area (Å²) in [6.45, 7) is 2.19. The van der Waals surface area contributed by atoms with Crippen LogP contribution < -0.4 is 0 Å². The van der Waals surface area contributed by atoms with Crippen molar-refractivity contribution in [2.45, 2.75) is 13.3 Å². The van der Waals surface area contributed by atoms with Gasteiger partial charge in [0, 0.05) is 17.1 Å². The van der Waals surface area contributed by atoms with E-state index in [2.05, 4.69) is 10.1 Å². The van der Waals surface area contributed by atoms with Gasteiger partial charge in [-0.25, -0.2) is 9.67 Å². The van der Waals surface area contributed by atoms with Gasteiger partial charge in [-0.3, -0.25) is 4.79 Å². The summed E-state index contributed by atoms with van der Waals surface area (Å²) in [6, 6.07) is 0. The van der Waals surface area contributed by atoms with Gasteiger partial charge in [0.2, 0.25) is 0 Å². The van der Waals surface area contributed by atoms with Crippen LogP contribution in [0.3, 0.4) is 0 Å². The van der Waals surface area contributed by atoms with Gasteiger partial charge < -0.3 is 4.74 Å². The quantitative estimate of drug-likeness (QED) is 0.755. The van der Waals surface area contributed by atoms with Crippen LogP contribution in [0, 0.1) is 0 Å². The largest absolute Gasteiger partial charge is 0.466 e. The van der Waals surface area contributed by atoms with Crippen LogP contribution in [0.15, 0.2) is 23.3 Å². The van der Waals surface area contributed by atoms with Crippen molar-refractivity contribution in [1.82, 2.24) is 14.8 Å². The van der Waals surface area contributed by atoms with Crippen molar-refractivity contribution in [2.75, 3.05) is 6.61 Å². The number of hydrogen-bond acceptors (Lipinski definition) is 5. The van der Waals surface area contributed by atoms with Crippen LogP contribution in [0.4, 0.5) is 0 Å². The Morgan fingerprint density at radius 3 is 3.19 bits per heavy atom. The van der Waals surface area contributed by atoms with Crippen molar-refractivity contribution in [3.63, 3.8) is 0 Å². The fourth-order valence-electron chi connectivity index (χ4n) is 1.27. The molecule has 0 atom stereocenters. The molecular weight excluding hydrogens is 226 g/mol. The lowest BCUT2D eigenvalue weighted by molar-refractivity contribution is -0.142. The van der Waals surface area contributed by atoms with Crippen LogP contribution >= 0.6 is 11.3 Å². The molecule has 0 unspecified atom stereocenters. The topological polar surface area (TPSA) is 57.0 Å². The number of carbonyl (C=O) groups excluding carboxylic acids is 1. The number of carbonyl (C=O) groups is 1.